The van der Waals surface area contributed by atoms with Crippen LogP contribution in [-0.4, -0.2) is 32.1 Å². The Kier molecular flexibility index (Phi) is 3.46. The Morgan fingerprint density at radius 2 is 2.25 bits per heavy atom. The lowest BCUT2D eigenvalue weighted by Crippen LogP contribution is -2.36. The molecule has 1 atom stereocenters. The van der Waals surface area contributed by atoms with E-state index >= 15 is 0 Å². The molecule has 88 valence electrons. The third kappa shape index (κ3) is 2.06. The van der Waals surface area contributed by atoms with Crippen LogP contribution in [0.5, 0.6) is 5.75 Å². The van der Waals surface area contributed by atoms with Crippen LogP contribution >= 0.6 is 0 Å². The van der Waals surface area contributed by atoms with Gasteiger partial charge in [-0.05, 0) is 32.6 Å². The van der Waals surface area contributed by atoms with Crippen LogP contribution in [0.3, 0.4) is 0 Å². The van der Waals surface area contributed by atoms with Gasteiger partial charge in [-0.1, -0.05) is 12.1 Å². The Morgan fingerprint density at radius 1 is 1.44 bits per heavy atom. The van der Waals surface area contributed by atoms with Crippen LogP contribution in [0.2, 0.25) is 0 Å². The molecule has 0 saturated carbocycles. The van der Waals surface area contributed by atoms with Gasteiger partial charge in [-0.2, -0.15) is 0 Å². The molecule has 3 nitrogen and oxygen atoms in total. The van der Waals surface area contributed by atoms with E-state index in [0.717, 1.165) is 25.4 Å². The van der Waals surface area contributed by atoms with E-state index < -0.39 is 0 Å². The Balaban J connectivity index is 2.42. The van der Waals surface area contributed by atoms with Crippen molar-refractivity contribution in [2.24, 2.45) is 0 Å². The van der Waals surface area contributed by atoms with Gasteiger partial charge in [0, 0.05) is 18.7 Å². The lowest BCUT2D eigenvalue weighted by molar-refractivity contribution is 0.259. The molecule has 0 aromatic heterocycles. The number of benzene rings is 1. The summed E-state index contributed by atoms with van der Waals surface area (Å²) in [6.07, 6.45) is 0. The second kappa shape index (κ2) is 4.85. The first kappa shape index (κ1) is 11.4. The molecule has 0 spiro atoms. The van der Waals surface area contributed by atoms with Gasteiger partial charge in [-0.15, -0.1) is 0 Å². The first-order chi connectivity index (χ1) is 7.74. The van der Waals surface area contributed by atoms with Gasteiger partial charge >= 0.3 is 0 Å². The van der Waals surface area contributed by atoms with Gasteiger partial charge in [0.25, 0.3) is 0 Å². The first-order valence-electron chi connectivity index (χ1n) is 5.85. The molecule has 0 saturated heterocycles. The predicted octanol–water partition coefficient (Wildman–Crippen LogP) is 1.79. The molecule has 0 fully saturated rings. The quantitative estimate of drug-likeness (QED) is 0.840. The van der Waals surface area contributed by atoms with E-state index in [9.17, 15) is 0 Å². The van der Waals surface area contributed by atoms with Gasteiger partial charge in [0.1, 0.15) is 5.75 Å². The largest absolute Gasteiger partial charge is 0.494 e. The average Bonchev–Trinajstić information content (AvgIpc) is 2.29. The molecule has 0 unspecified atom stereocenters. The van der Waals surface area contributed by atoms with Crippen molar-refractivity contribution >= 4 is 0 Å². The minimum atomic E-state index is 0.409. The number of fused-ring (bicyclic) bond motifs is 1. The standard InChI is InChI=1S/C13H20N2O/c1-4-16-12-7-5-6-10-8-14-9-11(13(10)12)15(2)3/h5-7,11,14H,4,8-9H2,1-3H3/t11-/m0/s1. The van der Waals surface area contributed by atoms with Gasteiger partial charge in [0.05, 0.1) is 12.6 Å². The molecule has 0 radical (unpaired) electrons. The van der Waals surface area contributed by atoms with Crippen LogP contribution in [0.25, 0.3) is 0 Å². The molecule has 1 aromatic carbocycles. The van der Waals surface area contributed by atoms with Crippen molar-refractivity contribution in [1.82, 2.24) is 10.2 Å². The number of likely N-dealkylation sites (N-methyl/N-ethyl adjacent to an activating group) is 1. The van der Waals surface area contributed by atoms with E-state index in [0.29, 0.717) is 6.04 Å². The number of nitrogens with one attached hydrogen (secondary N) is 1. The van der Waals surface area contributed by atoms with Gasteiger partial charge in [0.2, 0.25) is 0 Å². The summed E-state index contributed by atoms with van der Waals surface area (Å²) in [6.45, 7) is 4.69. The number of rotatable bonds is 3. The third-order valence-electron chi connectivity index (χ3n) is 3.07. The van der Waals surface area contributed by atoms with Crippen LogP contribution in [0.15, 0.2) is 18.2 Å². The fourth-order valence-electron chi connectivity index (χ4n) is 2.29. The normalized spacial score (nSPS) is 19.6. The topological polar surface area (TPSA) is 24.5 Å². The zero-order chi connectivity index (χ0) is 11.5. The van der Waals surface area contributed by atoms with Gasteiger partial charge in [0.15, 0.2) is 0 Å². The molecule has 1 aliphatic heterocycles. The van der Waals surface area contributed by atoms with Crippen LogP contribution in [0.4, 0.5) is 0 Å². The molecule has 1 aromatic rings. The Labute approximate surface area is 97.4 Å². The summed E-state index contributed by atoms with van der Waals surface area (Å²) in [5, 5.41) is 3.44. The van der Waals surface area contributed by atoms with Crippen molar-refractivity contribution in [3.8, 4) is 5.75 Å². The molecule has 16 heavy (non-hydrogen) atoms. The van der Waals surface area contributed by atoms with Gasteiger partial charge in [-0.3, -0.25) is 0 Å². The van der Waals surface area contributed by atoms with Crippen molar-refractivity contribution < 1.29 is 4.74 Å². The van der Waals surface area contributed by atoms with Crippen LogP contribution < -0.4 is 10.1 Å². The molecule has 3 heteroatoms. The van der Waals surface area contributed by atoms with Gasteiger partial charge < -0.3 is 15.0 Å². The highest BCUT2D eigenvalue weighted by Gasteiger charge is 2.24. The number of nitrogens with zero attached hydrogens (tertiary/aromatic N) is 1. The lowest BCUT2D eigenvalue weighted by Gasteiger charge is -2.32. The molecule has 1 aliphatic rings. The number of hydrogen-bond acceptors (Lipinski definition) is 3. The third-order valence-corrected chi connectivity index (χ3v) is 3.07. The minimum absolute atomic E-state index is 0.409. The highest BCUT2D eigenvalue weighted by atomic mass is 16.5. The van der Waals surface area contributed by atoms with E-state index in [1.54, 1.807) is 0 Å². The van der Waals surface area contributed by atoms with Crippen molar-refractivity contribution in [3.05, 3.63) is 29.3 Å². The molecule has 0 amide bonds. The maximum Gasteiger partial charge on any atom is 0.124 e. The molecular weight excluding hydrogens is 200 g/mol. The minimum Gasteiger partial charge on any atom is -0.494 e. The van der Waals surface area contributed by atoms with Gasteiger partial charge in [-0.25, -0.2) is 0 Å². The monoisotopic (exact) mass is 220 g/mol. The van der Waals surface area contributed by atoms with Crippen molar-refractivity contribution in [2.45, 2.75) is 19.5 Å². The van der Waals surface area contributed by atoms with E-state index in [1.165, 1.54) is 11.1 Å². The summed E-state index contributed by atoms with van der Waals surface area (Å²) in [5.41, 5.74) is 2.71. The number of ether oxygens (including phenoxy) is 1. The smallest absolute Gasteiger partial charge is 0.124 e. The first-order valence-corrected chi connectivity index (χ1v) is 5.85. The van der Waals surface area contributed by atoms with Crippen LogP contribution in [0, 0.1) is 0 Å². The Bertz CT molecular complexity index is 363. The maximum atomic E-state index is 5.73. The number of hydrogen-bond donors (Lipinski definition) is 1. The van der Waals surface area contributed by atoms with Crippen LogP contribution in [-0.2, 0) is 6.54 Å². The average molecular weight is 220 g/mol. The highest BCUT2D eigenvalue weighted by molar-refractivity contribution is 5.44. The summed E-state index contributed by atoms with van der Waals surface area (Å²) >= 11 is 0. The summed E-state index contributed by atoms with van der Waals surface area (Å²) in [4.78, 5) is 2.24. The summed E-state index contributed by atoms with van der Waals surface area (Å²) in [5.74, 6) is 1.04. The van der Waals surface area contributed by atoms with Crippen molar-refractivity contribution in [1.29, 1.82) is 0 Å². The Hall–Kier alpha value is -1.06. The zero-order valence-electron chi connectivity index (χ0n) is 10.3. The fraction of sp³-hybridized carbons (Fsp3) is 0.538. The highest BCUT2D eigenvalue weighted by Crippen LogP contribution is 2.33. The maximum absolute atomic E-state index is 5.73. The van der Waals surface area contributed by atoms with E-state index in [1.807, 2.05) is 6.92 Å². The summed E-state index contributed by atoms with van der Waals surface area (Å²) in [6, 6.07) is 6.74. The Morgan fingerprint density at radius 3 is 2.94 bits per heavy atom. The predicted molar refractivity (Wildman–Crippen MR) is 65.7 cm³/mol. The molecule has 1 heterocycles. The second-order valence-corrected chi connectivity index (χ2v) is 4.37. The molecular formula is C13H20N2O. The SMILES string of the molecule is CCOc1cccc2c1[C@@H](N(C)C)CNC2. The zero-order valence-corrected chi connectivity index (χ0v) is 10.3. The van der Waals surface area contributed by atoms with E-state index in [-0.39, 0.29) is 0 Å². The van der Waals surface area contributed by atoms with Crippen LogP contribution in [0.1, 0.15) is 24.1 Å². The fourth-order valence-corrected chi connectivity index (χ4v) is 2.29. The summed E-state index contributed by atoms with van der Waals surface area (Å²) in [7, 11) is 4.23. The molecule has 0 aliphatic carbocycles. The molecule has 0 bridgehead atoms. The van der Waals surface area contributed by atoms with Crippen molar-refractivity contribution in [2.75, 3.05) is 27.2 Å². The molecule has 1 N–H and O–H groups in total. The molecule has 2 rings (SSSR count). The van der Waals surface area contributed by atoms with E-state index in [2.05, 4.69) is 42.5 Å². The summed E-state index contributed by atoms with van der Waals surface area (Å²) < 4.78 is 5.73. The van der Waals surface area contributed by atoms with E-state index in [4.69, 9.17) is 4.74 Å². The van der Waals surface area contributed by atoms with Crippen molar-refractivity contribution in [3.63, 3.8) is 0 Å². The lowest BCUT2D eigenvalue weighted by atomic mass is 9.95. The second-order valence-electron chi connectivity index (χ2n) is 4.37.